The molecule has 7 heteroatoms. The van der Waals surface area contributed by atoms with E-state index >= 15 is 0 Å². The average molecular weight is 357 g/mol. The van der Waals surface area contributed by atoms with Gasteiger partial charge in [0.05, 0.1) is 16.3 Å². The summed E-state index contributed by atoms with van der Waals surface area (Å²) in [5.41, 5.74) is 1.44. The predicted molar refractivity (Wildman–Crippen MR) is 92.9 cm³/mol. The molecule has 1 atom stereocenters. The van der Waals surface area contributed by atoms with Gasteiger partial charge in [-0.25, -0.2) is 13.8 Å². The van der Waals surface area contributed by atoms with Crippen LogP contribution >= 0.6 is 11.8 Å². The molecule has 4 nitrogen and oxygen atoms in total. The molecule has 0 aliphatic rings. The van der Waals surface area contributed by atoms with Gasteiger partial charge in [-0.05, 0) is 37.3 Å². The number of nitriles is 1. The van der Waals surface area contributed by atoms with Crippen LogP contribution in [0.1, 0.15) is 12.7 Å². The van der Waals surface area contributed by atoms with Gasteiger partial charge in [-0.15, -0.1) is 11.8 Å². The molecule has 0 spiro atoms. The Morgan fingerprint density at radius 2 is 2.00 bits per heavy atom. The van der Waals surface area contributed by atoms with Crippen LogP contribution in [0.25, 0.3) is 16.6 Å². The molecule has 0 radical (unpaired) electrons. The van der Waals surface area contributed by atoms with Gasteiger partial charge in [-0.3, -0.25) is 0 Å². The van der Waals surface area contributed by atoms with Crippen LogP contribution in [0.5, 0.6) is 0 Å². The molecule has 0 aliphatic heterocycles. The van der Waals surface area contributed by atoms with E-state index in [0.29, 0.717) is 10.4 Å². The Kier molecular flexibility index (Phi) is 4.72. The fourth-order valence-corrected chi connectivity index (χ4v) is 3.27. The lowest BCUT2D eigenvalue weighted by atomic mass is 10.2. The summed E-state index contributed by atoms with van der Waals surface area (Å²) >= 11 is 1.11. The average Bonchev–Trinajstić information content (AvgIpc) is 3.02. The molecule has 1 heterocycles. The minimum atomic E-state index is -0.960. The highest BCUT2D eigenvalue weighted by molar-refractivity contribution is 8.00. The van der Waals surface area contributed by atoms with Gasteiger partial charge in [-0.2, -0.15) is 5.26 Å². The lowest BCUT2D eigenvalue weighted by Crippen LogP contribution is -2.05. The van der Waals surface area contributed by atoms with E-state index in [2.05, 4.69) is 9.97 Å². The number of nitrogens with zero attached hydrogens (tertiary/aromatic N) is 2. The van der Waals surface area contributed by atoms with Crippen LogP contribution in [-0.4, -0.2) is 20.3 Å². The number of aliphatic hydroxyl groups excluding tert-OH is 1. The second-order valence-corrected chi connectivity index (χ2v) is 6.72. The number of benzene rings is 2. The van der Waals surface area contributed by atoms with E-state index in [4.69, 9.17) is 0 Å². The maximum atomic E-state index is 13.3. The van der Waals surface area contributed by atoms with Crippen molar-refractivity contribution in [2.45, 2.75) is 17.1 Å². The smallest absolute Gasteiger partial charge is 0.159 e. The molecule has 2 N–H and O–H groups in total. The predicted octanol–water partition coefficient (Wildman–Crippen LogP) is 4.81. The molecule has 0 bridgehead atoms. The van der Waals surface area contributed by atoms with E-state index in [0.717, 1.165) is 29.4 Å². The van der Waals surface area contributed by atoms with Gasteiger partial charge in [0, 0.05) is 4.90 Å². The Bertz CT molecular complexity index is 974. The monoisotopic (exact) mass is 357 g/mol. The minimum Gasteiger partial charge on any atom is -0.510 e. The number of H-pyrrole nitrogens is 1. The largest absolute Gasteiger partial charge is 0.510 e. The highest BCUT2D eigenvalue weighted by atomic mass is 32.2. The normalized spacial score (nSPS) is 13.4. The number of halogens is 2. The summed E-state index contributed by atoms with van der Waals surface area (Å²) in [4.78, 5) is 7.74. The first-order chi connectivity index (χ1) is 12.0. The van der Waals surface area contributed by atoms with Crippen LogP contribution in [0.15, 0.2) is 53.1 Å². The third kappa shape index (κ3) is 3.49. The first kappa shape index (κ1) is 17.0. The van der Waals surface area contributed by atoms with Gasteiger partial charge in [0.2, 0.25) is 0 Å². The van der Waals surface area contributed by atoms with Crippen molar-refractivity contribution in [2.75, 3.05) is 0 Å². The summed E-state index contributed by atoms with van der Waals surface area (Å²) in [6.45, 7) is 1.67. The molecule has 0 unspecified atom stereocenters. The molecule has 0 fully saturated rings. The molecule has 3 aromatic rings. The van der Waals surface area contributed by atoms with Crippen molar-refractivity contribution in [1.82, 2.24) is 9.97 Å². The number of hydrogen-bond donors (Lipinski definition) is 2. The van der Waals surface area contributed by atoms with Crippen LogP contribution in [0.4, 0.5) is 8.78 Å². The number of aromatic nitrogens is 2. The Hall–Kier alpha value is -2.85. The van der Waals surface area contributed by atoms with Crippen molar-refractivity contribution in [3.63, 3.8) is 0 Å². The zero-order valence-electron chi connectivity index (χ0n) is 13.1. The topological polar surface area (TPSA) is 72.7 Å². The van der Waals surface area contributed by atoms with Crippen LogP contribution in [-0.2, 0) is 0 Å². The Morgan fingerprint density at radius 3 is 2.68 bits per heavy atom. The molecule has 2 aromatic carbocycles. The lowest BCUT2D eigenvalue weighted by Gasteiger charge is -2.12. The number of imidazole rings is 1. The van der Waals surface area contributed by atoms with Gasteiger partial charge in [0.15, 0.2) is 17.5 Å². The molecule has 0 saturated heterocycles. The van der Waals surface area contributed by atoms with Crippen LogP contribution in [0.2, 0.25) is 0 Å². The molecular weight excluding hydrogens is 344 g/mol. The van der Waals surface area contributed by atoms with E-state index in [1.807, 2.05) is 24.3 Å². The lowest BCUT2D eigenvalue weighted by molar-refractivity contribution is 0.402. The summed E-state index contributed by atoms with van der Waals surface area (Å²) in [6.07, 6.45) is 0. The molecule has 3 rings (SSSR count). The van der Waals surface area contributed by atoms with Crippen molar-refractivity contribution < 1.29 is 13.9 Å². The van der Waals surface area contributed by atoms with E-state index in [1.165, 1.54) is 6.07 Å². The maximum absolute atomic E-state index is 13.3. The number of aromatic amines is 1. The third-order valence-corrected chi connectivity index (χ3v) is 4.69. The van der Waals surface area contributed by atoms with Crippen molar-refractivity contribution >= 4 is 28.4 Å². The Balaban J connectivity index is 1.92. The molecule has 0 aliphatic carbocycles. The number of para-hydroxylation sites is 2. The number of fused-ring (bicyclic) bond motifs is 1. The van der Waals surface area contributed by atoms with Crippen molar-refractivity contribution in [3.8, 4) is 6.07 Å². The number of nitrogens with one attached hydrogen (secondary N) is 1. The second kappa shape index (κ2) is 6.95. The molecule has 0 amide bonds. The van der Waals surface area contributed by atoms with Gasteiger partial charge >= 0.3 is 0 Å². The van der Waals surface area contributed by atoms with E-state index in [1.54, 1.807) is 13.0 Å². The van der Waals surface area contributed by atoms with Crippen LogP contribution in [0.3, 0.4) is 0 Å². The molecule has 1 aromatic heterocycles. The molecule has 0 saturated carbocycles. The summed E-state index contributed by atoms with van der Waals surface area (Å²) in [7, 11) is 0. The first-order valence-electron chi connectivity index (χ1n) is 7.39. The zero-order chi connectivity index (χ0) is 18.0. The number of allylic oxidation sites excluding steroid dienone is 1. The summed E-state index contributed by atoms with van der Waals surface area (Å²) in [5, 5.41) is 19.3. The maximum Gasteiger partial charge on any atom is 0.159 e. The van der Waals surface area contributed by atoms with Gasteiger partial charge in [0.1, 0.15) is 17.4 Å². The minimum absolute atomic E-state index is 0.0128. The Morgan fingerprint density at radius 1 is 1.24 bits per heavy atom. The number of rotatable bonds is 4. The van der Waals surface area contributed by atoms with Crippen LogP contribution in [0, 0.1) is 23.0 Å². The SMILES string of the molecule is C[C@H](Sc1ccc(F)c(F)c1)/C(O)=C(\C#N)c1nc2ccccc2[nH]1. The zero-order valence-corrected chi connectivity index (χ0v) is 13.9. The van der Waals surface area contributed by atoms with E-state index < -0.39 is 16.9 Å². The Labute approximate surface area is 146 Å². The fourth-order valence-electron chi connectivity index (χ4n) is 2.32. The summed E-state index contributed by atoms with van der Waals surface area (Å²) in [6, 6.07) is 12.7. The van der Waals surface area contributed by atoms with Gasteiger partial charge in [-0.1, -0.05) is 12.1 Å². The van der Waals surface area contributed by atoms with Crippen molar-refractivity contribution in [3.05, 3.63) is 65.7 Å². The number of aliphatic hydroxyl groups is 1. The molecule has 25 heavy (non-hydrogen) atoms. The number of thioether (sulfide) groups is 1. The quantitative estimate of drug-likeness (QED) is 0.399. The standard InChI is InChI=1S/C18H13F2N3OS/c1-10(25-11-6-7-13(19)14(20)8-11)17(24)12(9-21)18-22-15-4-2-3-5-16(15)23-18/h2-8,10,24H,1H3,(H,22,23)/b17-12-/t10-/m0/s1. The van der Waals surface area contributed by atoms with E-state index in [9.17, 15) is 19.1 Å². The summed E-state index contributed by atoms with van der Waals surface area (Å²) in [5.74, 6) is -1.81. The third-order valence-electron chi connectivity index (χ3n) is 3.58. The van der Waals surface area contributed by atoms with Crippen LogP contribution < -0.4 is 0 Å². The second-order valence-electron chi connectivity index (χ2n) is 5.31. The fraction of sp³-hybridized carbons (Fsp3) is 0.111. The van der Waals surface area contributed by atoms with E-state index in [-0.39, 0.29) is 17.2 Å². The van der Waals surface area contributed by atoms with Gasteiger partial charge in [0.25, 0.3) is 0 Å². The highest BCUT2D eigenvalue weighted by Crippen LogP contribution is 2.31. The highest BCUT2D eigenvalue weighted by Gasteiger charge is 2.19. The molecular formula is C18H13F2N3OS. The first-order valence-corrected chi connectivity index (χ1v) is 8.27. The number of hydrogen-bond acceptors (Lipinski definition) is 4. The van der Waals surface area contributed by atoms with Gasteiger partial charge < -0.3 is 10.1 Å². The van der Waals surface area contributed by atoms with Crippen molar-refractivity contribution in [1.29, 1.82) is 5.26 Å². The molecule has 126 valence electrons. The summed E-state index contributed by atoms with van der Waals surface area (Å²) < 4.78 is 26.3. The van der Waals surface area contributed by atoms with Crippen molar-refractivity contribution in [2.24, 2.45) is 0 Å².